The number of ketones is 1. The molecule has 0 aliphatic carbocycles. The summed E-state index contributed by atoms with van der Waals surface area (Å²) in [4.78, 5) is 14.7. The van der Waals surface area contributed by atoms with Crippen LogP contribution in [0.4, 0.5) is 0 Å². The van der Waals surface area contributed by atoms with Crippen LogP contribution in [-0.4, -0.2) is 42.0 Å². The summed E-state index contributed by atoms with van der Waals surface area (Å²) in [6, 6.07) is 12.2. The summed E-state index contributed by atoms with van der Waals surface area (Å²) in [5.41, 5.74) is 1.94. The van der Waals surface area contributed by atoms with Gasteiger partial charge in [-0.25, -0.2) is 0 Å². The van der Waals surface area contributed by atoms with Gasteiger partial charge in [0.05, 0.1) is 5.56 Å². The predicted molar refractivity (Wildman–Crippen MR) is 96.0 cm³/mol. The minimum Gasteiger partial charge on any atom is -0.507 e. The number of carbonyl (C=O) groups excluding carboxylic acids is 1. The number of ether oxygens (including phenoxy) is 1. The molecule has 128 valence electrons. The molecular formula is C20H25NO3. The highest BCUT2D eigenvalue weighted by atomic mass is 16.5. The van der Waals surface area contributed by atoms with Crippen molar-refractivity contribution in [3.05, 3.63) is 59.2 Å². The first-order chi connectivity index (χ1) is 11.5. The normalized spacial score (nSPS) is 10.8. The number of rotatable bonds is 8. The van der Waals surface area contributed by atoms with Crippen molar-refractivity contribution in [2.24, 2.45) is 0 Å². The molecule has 0 heterocycles. The van der Waals surface area contributed by atoms with E-state index < -0.39 is 0 Å². The second-order valence-corrected chi connectivity index (χ2v) is 5.75. The third kappa shape index (κ3) is 4.59. The smallest absolute Gasteiger partial charge is 0.196 e. The molecule has 0 atom stereocenters. The van der Waals surface area contributed by atoms with Crippen LogP contribution in [0.1, 0.15) is 35.3 Å². The zero-order chi connectivity index (χ0) is 17.5. The van der Waals surface area contributed by atoms with Crippen molar-refractivity contribution in [1.82, 2.24) is 4.90 Å². The van der Waals surface area contributed by atoms with Crippen molar-refractivity contribution in [2.45, 2.75) is 20.8 Å². The number of hydrogen-bond donors (Lipinski definition) is 1. The van der Waals surface area contributed by atoms with E-state index in [0.29, 0.717) is 17.9 Å². The molecule has 0 saturated heterocycles. The minimum absolute atomic E-state index is 0.0547. The predicted octanol–water partition coefficient (Wildman–Crippen LogP) is 3.65. The van der Waals surface area contributed by atoms with Crippen LogP contribution in [-0.2, 0) is 0 Å². The van der Waals surface area contributed by atoms with E-state index >= 15 is 0 Å². The highest BCUT2D eigenvalue weighted by Crippen LogP contribution is 2.26. The molecule has 0 unspecified atom stereocenters. The van der Waals surface area contributed by atoms with E-state index in [1.165, 1.54) is 6.07 Å². The van der Waals surface area contributed by atoms with E-state index in [-0.39, 0.29) is 17.1 Å². The Hall–Kier alpha value is -2.33. The maximum Gasteiger partial charge on any atom is 0.196 e. The molecule has 0 aromatic heterocycles. The molecule has 2 aromatic carbocycles. The van der Waals surface area contributed by atoms with Gasteiger partial charge < -0.3 is 14.7 Å². The molecule has 0 spiro atoms. The average Bonchev–Trinajstić information content (AvgIpc) is 2.59. The fourth-order valence-electron chi connectivity index (χ4n) is 2.49. The molecular weight excluding hydrogens is 302 g/mol. The molecule has 2 aromatic rings. The Kier molecular flexibility index (Phi) is 6.38. The Morgan fingerprint density at radius 2 is 1.75 bits per heavy atom. The zero-order valence-corrected chi connectivity index (χ0v) is 14.6. The summed E-state index contributed by atoms with van der Waals surface area (Å²) >= 11 is 0. The summed E-state index contributed by atoms with van der Waals surface area (Å²) in [6.07, 6.45) is 0. The molecule has 1 N–H and O–H groups in total. The SMILES string of the molecule is CCN(CC)CCOc1ccc(C(=O)c2ccc(C)cc2)c(O)c1. The van der Waals surface area contributed by atoms with Crippen molar-refractivity contribution < 1.29 is 14.6 Å². The lowest BCUT2D eigenvalue weighted by atomic mass is 10.0. The van der Waals surface area contributed by atoms with Crippen molar-refractivity contribution in [3.63, 3.8) is 0 Å². The van der Waals surface area contributed by atoms with Crippen molar-refractivity contribution in [1.29, 1.82) is 0 Å². The van der Waals surface area contributed by atoms with Crippen molar-refractivity contribution in [3.8, 4) is 11.5 Å². The number of phenols is 1. The number of phenolic OH excluding ortho intramolecular Hbond substituents is 1. The molecule has 0 amide bonds. The Morgan fingerprint density at radius 1 is 1.08 bits per heavy atom. The standard InChI is InChI=1S/C20H25NO3/c1-4-21(5-2)12-13-24-17-10-11-18(19(22)14-17)20(23)16-8-6-15(3)7-9-16/h6-11,14,22H,4-5,12-13H2,1-3H3. The van der Waals surface area contributed by atoms with Crippen molar-refractivity contribution >= 4 is 5.78 Å². The molecule has 0 bridgehead atoms. The van der Waals surface area contributed by atoms with Gasteiger partial charge in [-0.05, 0) is 32.1 Å². The first kappa shape index (κ1) is 18.0. The van der Waals surface area contributed by atoms with Crippen molar-refractivity contribution in [2.75, 3.05) is 26.2 Å². The lowest BCUT2D eigenvalue weighted by Gasteiger charge is -2.18. The fraction of sp³-hybridized carbons (Fsp3) is 0.350. The average molecular weight is 327 g/mol. The Bertz CT molecular complexity index is 676. The van der Waals surface area contributed by atoms with Crippen LogP contribution in [0.25, 0.3) is 0 Å². The first-order valence-corrected chi connectivity index (χ1v) is 8.34. The quantitative estimate of drug-likeness (QED) is 0.752. The van der Waals surface area contributed by atoms with Gasteiger partial charge in [0.1, 0.15) is 18.1 Å². The second kappa shape index (κ2) is 8.50. The number of likely N-dealkylation sites (N-methyl/N-ethyl adjacent to an activating group) is 1. The Labute approximate surface area is 143 Å². The lowest BCUT2D eigenvalue weighted by Crippen LogP contribution is -2.27. The minimum atomic E-state index is -0.192. The van der Waals surface area contributed by atoms with Crippen LogP contribution in [0, 0.1) is 6.92 Å². The van der Waals surface area contributed by atoms with E-state index in [2.05, 4.69) is 18.7 Å². The van der Waals surface area contributed by atoms with Gasteiger partial charge in [-0.2, -0.15) is 0 Å². The molecule has 0 saturated carbocycles. The molecule has 4 heteroatoms. The number of aromatic hydroxyl groups is 1. The largest absolute Gasteiger partial charge is 0.507 e. The van der Waals surface area contributed by atoms with E-state index in [9.17, 15) is 9.90 Å². The van der Waals surface area contributed by atoms with E-state index in [1.54, 1.807) is 24.3 Å². The third-order valence-corrected chi connectivity index (χ3v) is 4.10. The summed E-state index contributed by atoms with van der Waals surface area (Å²) < 4.78 is 5.66. The summed E-state index contributed by atoms with van der Waals surface area (Å²) in [7, 11) is 0. The van der Waals surface area contributed by atoms with Crippen LogP contribution >= 0.6 is 0 Å². The van der Waals surface area contributed by atoms with E-state index in [4.69, 9.17) is 4.74 Å². The van der Waals surface area contributed by atoms with E-state index in [1.807, 2.05) is 19.1 Å². The first-order valence-electron chi connectivity index (χ1n) is 8.34. The Morgan fingerprint density at radius 3 is 2.33 bits per heavy atom. The summed E-state index contributed by atoms with van der Waals surface area (Å²) in [5, 5.41) is 10.2. The van der Waals surface area contributed by atoms with Gasteiger partial charge in [0, 0.05) is 18.2 Å². The van der Waals surface area contributed by atoms with Crippen LogP contribution in [0.5, 0.6) is 11.5 Å². The molecule has 0 aliphatic rings. The van der Waals surface area contributed by atoms with Gasteiger partial charge in [0.25, 0.3) is 0 Å². The van der Waals surface area contributed by atoms with Crippen LogP contribution < -0.4 is 4.74 Å². The number of hydrogen-bond acceptors (Lipinski definition) is 4. The summed E-state index contributed by atoms with van der Waals surface area (Å²) in [5.74, 6) is 0.322. The number of benzene rings is 2. The lowest BCUT2D eigenvalue weighted by molar-refractivity contribution is 0.103. The topological polar surface area (TPSA) is 49.8 Å². The zero-order valence-electron chi connectivity index (χ0n) is 14.6. The van der Waals surface area contributed by atoms with Gasteiger partial charge in [-0.1, -0.05) is 43.7 Å². The highest BCUT2D eigenvalue weighted by Gasteiger charge is 2.14. The number of aryl methyl sites for hydroxylation is 1. The molecule has 0 fully saturated rings. The third-order valence-electron chi connectivity index (χ3n) is 4.10. The fourth-order valence-corrected chi connectivity index (χ4v) is 2.49. The van der Waals surface area contributed by atoms with Crippen LogP contribution in [0.2, 0.25) is 0 Å². The maximum absolute atomic E-state index is 12.5. The molecule has 0 aliphatic heterocycles. The number of nitrogens with zero attached hydrogens (tertiary/aromatic N) is 1. The van der Waals surface area contributed by atoms with Gasteiger partial charge in [-0.3, -0.25) is 4.79 Å². The molecule has 4 nitrogen and oxygen atoms in total. The molecule has 0 radical (unpaired) electrons. The monoisotopic (exact) mass is 327 g/mol. The number of carbonyl (C=O) groups is 1. The van der Waals surface area contributed by atoms with E-state index in [0.717, 1.165) is 25.2 Å². The van der Waals surface area contributed by atoms with Gasteiger partial charge in [0.2, 0.25) is 0 Å². The Balaban J connectivity index is 2.04. The van der Waals surface area contributed by atoms with Gasteiger partial charge in [-0.15, -0.1) is 0 Å². The maximum atomic E-state index is 12.5. The highest BCUT2D eigenvalue weighted by molar-refractivity contribution is 6.10. The molecule has 2 rings (SSSR count). The van der Waals surface area contributed by atoms with Gasteiger partial charge in [0.15, 0.2) is 5.78 Å². The van der Waals surface area contributed by atoms with Crippen LogP contribution in [0.3, 0.4) is 0 Å². The molecule has 24 heavy (non-hydrogen) atoms. The summed E-state index contributed by atoms with van der Waals surface area (Å²) in [6.45, 7) is 9.53. The van der Waals surface area contributed by atoms with Crippen LogP contribution in [0.15, 0.2) is 42.5 Å². The second-order valence-electron chi connectivity index (χ2n) is 5.75. The van der Waals surface area contributed by atoms with Gasteiger partial charge >= 0.3 is 0 Å².